The second kappa shape index (κ2) is 8.10. The van der Waals surface area contributed by atoms with E-state index in [0.717, 1.165) is 31.7 Å². The first-order valence-corrected chi connectivity index (χ1v) is 7.34. The Labute approximate surface area is 114 Å². The maximum absolute atomic E-state index is 12.0. The fourth-order valence-electron chi connectivity index (χ4n) is 3.00. The standard InChI is InChI=1S/C14H26F3NO/c1-3-11-5-6-13(18-4-2)12(9-11)7-8-19-10-14(15,16)17/h11-13,18H,3-10H2,1-2H3. The van der Waals surface area contributed by atoms with Crippen molar-refractivity contribution < 1.29 is 17.9 Å². The first-order chi connectivity index (χ1) is 8.96. The average molecular weight is 281 g/mol. The molecule has 0 heterocycles. The highest BCUT2D eigenvalue weighted by Crippen LogP contribution is 2.33. The van der Waals surface area contributed by atoms with E-state index in [1.54, 1.807) is 0 Å². The lowest BCUT2D eigenvalue weighted by Crippen LogP contribution is -2.41. The molecule has 1 rings (SSSR count). The number of alkyl halides is 3. The van der Waals surface area contributed by atoms with Crippen LogP contribution in [-0.4, -0.2) is 32.0 Å². The van der Waals surface area contributed by atoms with E-state index in [4.69, 9.17) is 4.74 Å². The molecule has 2 nitrogen and oxygen atoms in total. The van der Waals surface area contributed by atoms with E-state index in [1.165, 1.54) is 12.8 Å². The lowest BCUT2D eigenvalue weighted by molar-refractivity contribution is -0.174. The van der Waals surface area contributed by atoms with Crippen LogP contribution in [0.4, 0.5) is 13.2 Å². The van der Waals surface area contributed by atoms with Crippen LogP contribution in [0.2, 0.25) is 0 Å². The summed E-state index contributed by atoms with van der Waals surface area (Å²) >= 11 is 0. The Bertz CT molecular complexity index is 245. The van der Waals surface area contributed by atoms with Gasteiger partial charge in [-0.3, -0.25) is 0 Å². The van der Waals surface area contributed by atoms with Crippen molar-refractivity contribution in [3.05, 3.63) is 0 Å². The van der Waals surface area contributed by atoms with Gasteiger partial charge in [-0.15, -0.1) is 0 Å². The SMILES string of the molecule is CCNC1CCC(CC)CC1CCOCC(F)(F)F. The number of hydrogen-bond donors (Lipinski definition) is 1. The number of nitrogens with one attached hydrogen (secondary N) is 1. The lowest BCUT2D eigenvalue weighted by atomic mass is 9.75. The third-order valence-corrected chi connectivity index (χ3v) is 4.03. The molecule has 0 aromatic heterocycles. The molecule has 1 N–H and O–H groups in total. The normalized spacial score (nSPS) is 28.6. The summed E-state index contributed by atoms with van der Waals surface area (Å²) < 4.78 is 40.7. The van der Waals surface area contributed by atoms with Gasteiger partial charge in [0.15, 0.2) is 0 Å². The lowest BCUT2D eigenvalue weighted by Gasteiger charge is -2.36. The number of halogens is 3. The molecule has 5 heteroatoms. The van der Waals surface area contributed by atoms with Crippen LogP contribution >= 0.6 is 0 Å². The molecule has 19 heavy (non-hydrogen) atoms. The van der Waals surface area contributed by atoms with Gasteiger partial charge < -0.3 is 10.1 Å². The van der Waals surface area contributed by atoms with E-state index < -0.39 is 12.8 Å². The second-order valence-electron chi connectivity index (χ2n) is 5.47. The molecule has 0 aromatic carbocycles. The summed E-state index contributed by atoms with van der Waals surface area (Å²) in [7, 11) is 0. The van der Waals surface area contributed by atoms with E-state index >= 15 is 0 Å². The summed E-state index contributed by atoms with van der Waals surface area (Å²) in [6, 6.07) is 0.447. The van der Waals surface area contributed by atoms with Crippen LogP contribution in [0.1, 0.15) is 46.0 Å². The van der Waals surface area contributed by atoms with Gasteiger partial charge in [0, 0.05) is 12.6 Å². The van der Waals surface area contributed by atoms with Crippen molar-refractivity contribution >= 4 is 0 Å². The van der Waals surface area contributed by atoms with Crippen LogP contribution in [0.3, 0.4) is 0 Å². The summed E-state index contributed by atoms with van der Waals surface area (Å²) in [5.41, 5.74) is 0. The third kappa shape index (κ3) is 6.61. The molecular formula is C14H26F3NO. The molecule has 0 aliphatic heterocycles. The molecule has 0 spiro atoms. The van der Waals surface area contributed by atoms with Crippen LogP contribution in [0.25, 0.3) is 0 Å². The minimum atomic E-state index is -4.21. The Balaban J connectivity index is 2.33. The molecule has 3 unspecified atom stereocenters. The third-order valence-electron chi connectivity index (χ3n) is 4.03. The molecule has 0 bridgehead atoms. The van der Waals surface area contributed by atoms with Gasteiger partial charge in [0.2, 0.25) is 0 Å². The van der Waals surface area contributed by atoms with Crippen LogP contribution in [0.5, 0.6) is 0 Å². The molecule has 1 fully saturated rings. The second-order valence-corrected chi connectivity index (χ2v) is 5.47. The maximum Gasteiger partial charge on any atom is 0.411 e. The molecule has 1 saturated carbocycles. The Kier molecular flexibility index (Phi) is 7.15. The zero-order valence-electron chi connectivity index (χ0n) is 11.9. The first-order valence-electron chi connectivity index (χ1n) is 7.34. The van der Waals surface area contributed by atoms with Crippen molar-refractivity contribution in [3.63, 3.8) is 0 Å². The molecule has 1 aliphatic carbocycles. The van der Waals surface area contributed by atoms with Gasteiger partial charge in [0.1, 0.15) is 6.61 Å². The fourth-order valence-corrected chi connectivity index (χ4v) is 3.00. The molecule has 0 saturated heterocycles. The first kappa shape index (κ1) is 16.8. The van der Waals surface area contributed by atoms with Crippen molar-refractivity contribution in [1.29, 1.82) is 0 Å². The summed E-state index contributed by atoms with van der Waals surface area (Å²) in [6.45, 7) is 4.27. The van der Waals surface area contributed by atoms with Gasteiger partial charge >= 0.3 is 6.18 Å². The topological polar surface area (TPSA) is 21.3 Å². The van der Waals surface area contributed by atoms with E-state index in [9.17, 15) is 13.2 Å². The van der Waals surface area contributed by atoms with Gasteiger partial charge in [0.05, 0.1) is 0 Å². The molecule has 0 aromatic rings. The van der Waals surface area contributed by atoms with E-state index in [-0.39, 0.29) is 6.61 Å². The van der Waals surface area contributed by atoms with Gasteiger partial charge in [-0.25, -0.2) is 0 Å². The van der Waals surface area contributed by atoms with Crippen LogP contribution in [0, 0.1) is 11.8 Å². The number of rotatable bonds is 7. The smallest absolute Gasteiger partial charge is 0.372 e. The zero-order chi connectivity index (χ0) is 14.3. The molecule has 114 valence electrons. The van der Waals surface area contributed by atoms with Crippen molar-refractivity contribution in [2.24, 2.45) is 11.8 Å². The van der Waals surface area contributed by atoms with Crippen LogP contribution in [-0.2, 0) is 4.74 Å². The fraction of sp³-hybridized carbons (Fsp3) is 1.00. The van der Waals surface area contributed by atoms with Gasteiger partial charge in [-0.05, 0) is 44.1 Å². The molecular weight excluding hydrogens is 255 g/mol. The van der Waals surface area contributed by atoms with Crippen molar-refractivity contribution in [1.82, 2.24) is 5.32 Å². The number of hydrogen-bond acceptors (Lipinski definition) is 2. The average Bonchev–Trinajstić information content (AvgIpc) is 2.35. The molecule has 3 atom stereocenters. The monoisotopic (exact) mass is 281 g/mol. The number of ether oxygens (including phenoxy) is 1. The summed E-state index contributed by atoms with van der Waals surface area (Å²) in [4.78, 5) is 0. The van der Waals surface area contributed by atoms with E-state index in [2.05, 4.69) is 19.2 Å². The van der Waals surface area contributed by atoms with E-state index in [1.807, 2.05) is 0 Å². The maximum atomic E-state index is 12.0. The summed E-state index contributed by atoms with van der Waals surface area (Å²) in [5.74, 6) is 1.18. The van der Waals surface area contributed by atoms with Crippen molar-refractivity contribution in [2.45, 2.75) is 58.2 Å². The van der Waals surface area contributed by atoms with Crippen LogP contribution in [0.15, 0.2) is 0 Å². The Morgan fingerprint density at radius 2 is 1.95 bits per heavy atom. The largest absolute Gasteiger partial charge is 0.411 e. The highest BCUT2D eigenvalue weighted by atomic mass is 19.4. The summed E-state index contributed by atoms with van der Waals surface area (Å²) in [5, 5.41) is 3.46. The van der Waals surface area contributed by atoms with Crippen LogP contribution < -0.4 is 5.32 Å². The Morgan fingerprint density at radius 3 is 2.53 bits per heavy atom. The molecule has 0 radical (unpaired) electrons. The zero-order valence-corrected chi connectivity index (χ0v) is 11.9. The predicted molar refractivity (Wildman–Crippen MR) is 70.1 cm³/mol. The van der Waals surface area contributed by atoms with Gasteiger partial charge in [0.25, 0.3) is 0 Å². The predicted octanol–water partition coefficient (Wildman–Crippen LogP) is 3.76. The summed E-state index contributed by atoms with van der Waals surface area (Å²) in [6.07, 6.45) is 1.16. The Morgan fingerprint density at radius 1 is 1.21 bits per heavy atom. The van der Waals surface area contributed by atoms with Gasteiger partial charge in [-0.1, -0.05) is 20.3 Å². The highest BCUT2D eigenvalue weighted by molar-refractivity contribution is 4.84. The molecule has 0 amide bonds. The Hall–Kier alpha value is -0.290. The minimum Gasteiger partial charge on any atom is -0.372 e. The highest BCUT2D eigenvalue weighted by Gasteiger charge is 2.30. The quantitative estimate of drug-likeness (QED) is 0.717. The van der Waals surface area contributed by atoms with Gasteiger partial charge in [-0.2, -0.15) is 13.2 Å². The van der Waals surface area contributed by atoms with Crippen molar-refractivity contribution in [2.75, 3.05) is 19.8 Å². The van der Waals surface area contributed by atoms with Crippen molar-refractivity contribution in [3.8, 4) is 0 Å². The van der Waals surface area contributed by atoms with E-state index in [0.29, 0.717) is 12.0 Å². The minimum absolute atomic E-state index is 0.211. The molecule has 1 aliphatic rings.